The lowest BCUT2D eigenvalue weighted by Gasteiger charge is -2.29. The van der Waals surface area contributed by atoms with Gasteiger partial charge in [0.1, 0.15) is 5.03 Å². The summed E-state index contributed by atoms with van der Waals surface area (Å²) in [6.45, 7) is 4.41. The largest absolute Gasteiger partial charge is 0.461 e. The molecule has 1 aliphatic rings. The molecular weight excluding hydrogens is 350 g/mol. The average molecular weight is 369 g/mol. The molecule has 134 valence electrons. The predicted molar refractivity (Wildman–Crippen MR) is 100.0 cm³/mol. The highest BCUT2D eigenvalue weighted by atomic mass is 32.2. The molecule has 7 heteroatoms. The van der Waals surface area contributed by atoms with Crippen molar-refractivity contribution in [3.8, 4) is 11.6 Å². The third kappa shape index (κ3) is 3.45. The number of aromatic nitrogens is 2. The molecule has 0 radical (unpaired) electrons. The summed E-state index contributed by atoms with van der Waals surface area (Å²) in [5.41, 5.74) is 0.836. The Bertz CT molecular complexity index is 908. The van der Waals surface area contributed by atoms with Crippen molar-refractivity contribution in [2.24, 2.45) is 0 Å². The number of morpholine rings is 1. The van der Waals surface area contributed by atoms with Crippen LogP contribution in [0.3, 0.4) is 0 Å². The molecule has 0 bridgehead atoms. The first-order valence-electron chi connectivity index (χ1n) is 8.56. The second-order valence-corrected chi connectivity index (χ2v) is 7.37. The summed E-state index contributed by atoms with van der Waals surface area (Å²) in [6.07, 6.45) is 1.60. The van der Waals surface area contributed by atoms with Crippen molar-refractivity contribution in [1.29, 1.82) is 0 Å². The Labute approximate surface area is 155 Å². The summed E-state index contributed by atoms with van der Waals surface area (Å²) < 4.78 is 10.8. The number of carbonyl (C=O) groups is 1. The zero-order chi connectivity index (χ0) is 17.9. The zero-order valence-corrected chi connectivity index (χ0v) is 15.2. The fraction of sp³-hybridized carbons (Fsp3) is 0.316. The SMILES string of the molecule is CC(Sc1nc(-c2ccco2)nc2ccccc12)C(=O)N1CCOCC1. The van der Waals surface area contributed by atoms with Crippen molar-refractivity contribution in [2.75, 3.05) is 26.3 Å². The molecule has 0 aliphatic carbocycles. The maximum Gasteiger partial charge on any atom is 0.235 e. The van der Waals surface area contributed by atoms with E-state index < -0.39 is 0 Å². The molecule has 4 rings (SSSR count). The maximum atomic E-state index is 12.7. The average Bonchev–Trinajstić information content (AvgIpc) is 3.23. The monoisotopic (exact) mass is 369 g/mol. The van der Waals surface area contributed by atoms with Gasteiger partial charge in [-0.25, -0.2) is 9.97 Å². The minimum atomic E-state index is -0.240. The first-order chi connectivity index (χ1) is 12.7. The number of carbonyl (C=O) groups excluding carboxylic acids is 1. The lowest BCUT2D eigenvalue weighted by Crippen LogP contribution is -2.44. The highest BCUT2D eigenvalue weighted by molar-refractivity contribution is 8.00. The van der Waals surface area contributed by atoms with E-state index in [4.69, 9.17) is 9.15 Å². The van der Waals surface area contributed by atoms with Crippen LogP contribution in [0.25, 0.3) is 22.5 Å². The summed E-state index contributed by atoms with van der Waals surface area (Å²) >= 11 is 1.46. The molecule has 1 unspecified atom stereocenters. The van der Waals surface area contributed by atoms with Crippen molar-refractivity contribution in [2.45, 2.75) is 17.2 Å². The summed E-state index contributed by atoms with van der Waals surface area (Å²) in [5.74, 6) is 1.26. The van der Waals surface area contributed by atoms with E-state index in [0.29, 0.717) is 37.9 Å². The number of furan rings is 1. The van der Waals surface area contributed by atoms with Crippen LogP contribution >= 0.6 is 11.8 Å². The van der Waals surface area contributed by atoms with Crippen LogP contribution in [0.5, 0.6) is 0 Å². The summed E-state index contributed by atoms with van der Waals surface area (Å²) in [6, 6.07) is 11.5. The van der Waals surface area contributed by atoms with Crippen molar-refractivity contribution >= 4 is 28.6 Å². The van der Waals surface area contributed by atoms with Gasteiger partial charge in [-0.05, 0) is 25.1 Å². The number of hydrogen-bond acceptors (Lipinski definition) is 6. The van der Waals surface area contributed by atoms with Crippen LogP contribution < -0.4 is 0 Å². The molecule has 6 nitrogen and oxygen atoms in total. The number of hydrogen-bond donors (Lipinski definition) is 0. The highest BCUT2D eigenvalue weighted by Gasteiger charge is 2.24. The third-order valence-electron chi connectivity index (χ3n) is 4.27. The van der Waals surface area contributed by atoms with Gasteiger partial charge in [0.25, 0.3) is 0 Å². The number of para-hydroxylation sites is 1. The van der Waals surface area contributed by atoms with Gasteiger partial charge in [0, 0.05) is 18.5 Å². The molecule has 0 N–H and O–H groups in total. The summed E-state index contributed by atoms with van der Waals surface area (Å²) in [5, 5.41) is 1.49. The van der Waals surface area contributed by atoms with Gasteiger partial charge >= 0.3 is 0 Å². The maximum absolute atomic E-state index is 12.7. The van der Waals surface area contributed by atoms with Crippen molar-refractivity contribution < 1.29 is 13.9 Å². The van der Waals surface area contributed by atoms with Gasteiger partial charge in [0.15, 0.2) is 11.6 Å². The van der Waals surface area contributed by atoms with Crippen LogP contribution in [0.1, 0.15) is 6.92 Å². The molecule has 1 saturated heterocycles. The Hall–Kier alpha value is -2.38. The van der Waals surface area contributed by atoms with Crippen molar-refractivity contribution in [3.63, 3.8) is 0 Å². The number of amides is 1. The third-order valence-corrected chi connectivity index (χ3v) is 5.36. The van der Waals surface area contributed by atoms with Gasteiger partial charge in [-0.2, -0.15) is 0 Å². The quantitative estimate of drug-likeness (QED) is 0.519. The molecule has 1 fully saturated rings. The predicted octanol–water partition coefficient (Wildman–Crippen LogP) is 3.23. The number of thioether (sulfide) groups is 1. The molecule has 26 heavy (non-hydrogen) atoms. The van der Waals surface area contributed by atoms with Crippen molar-refractivity contribution in [1.82, 2.24) is 14.9 Å². The van der Waals surface area contributed by atoms with Gasteiger partial charge in [-0.3, -0.25) is 4.79 Å². The standard InChI is InChI=1S/C19H19N3O3S/c1-13(19(23)22-8-11-24-12-9-22)26-18-14-5-2-3-6-15(14)20-17(21-18)16-7-4-10-25-16/h2-7,10,13H,8-9,11-12H2,1H3. The fourth-order valence-corrected chi connectivity index (χ4v) is 3.94. The van der Waals surface area contributed by atoms with E-state index in [2.05, 4.69) is 9.97 Å². The summed E-state index contributed by atoms with van der Waals surface area (Å²) in [4.78, 5) is 23.9. The van der Waals surface area contributed by atoms with Gasteiger partial charge in [0.2, 0.25) is 5.91 Å². The molecule has 0 spiro atoms. The highest BCUT2D eigenvalue weighted by Crippen LogP contribution is 2.31. The van der Waals surface area contributed by atoms with Crippen LogP contribution in [-0.2, 0) is 9.53 Å². The van der Waals surface area contributed by atoms with Gasteiger partial charge in [0.05, 0.1) is 30.2 Å². The lowest BCUT2D eigenvalue weighted by molar-refractivity contribution is -0.134. The Morgan fingerprint density at radius 2 is 1.96 bits per heavy atom. The van der Waals surface area contributed by atoms with E-state index >= 15 is 0 Å². The molecular formula is C19H19N3O3S. The van der Waals surface area contributed by atoms with Crippen LogP contribution in [0.15, 0.2) is 52.1 Å². The molecule has 3 aromatic rings. The first kappa shape index (κ1) is 17.1. The molecule has 1 atom stereocenters. The second kappa shape index (κ2) is 7.47. The van der Waals surface area contributed by atoms with E-state index in [9.17, 15) is 4.79 Å². The molecule has 3 heterocycles. The van der Waals surface area contributed by atoms with Crippen LogP contribution in [0.2, 0.25) is 0 Å². The Morgan fingerprint density at radius 1 is 1.15 bits per heavy atom. The van der Waals surface area contributed by atoms with Crippen LogP contribution in [0.4, 0.5) is 0 Å². The Balaban J connectivity index is 1.65. The minimum Gasteiger partial charge on any atom is -0.461 e. The molecule has 2 aromatic heterocycles. The van der Waals surface area contributed by atoms with Gasteiger partial charge in [-0.15, -0.1) is 0 Å². The summed E-state index contributed by atoms with van der Waals surface area (Å²) in [7, 11) is 0. The van der Waals surface area contributed by atoms with Gasteiger partial charge in [-0.1, -0.05) is 30.0 Å². The number of ether oxygens (including phenoxy) is 1. The number of fused-ring (bicyclic) bond motifs is 1. The Kier molecular flexibility index (Phi) is 4.90. The molecule has 1 aromatic carbocycles. The normalized spacial score (nSPS) is 16.0. The van der Waals surface area contributed by atoms with Gasteiger partial charge < -0.3 is 14.1 Å². The number of benzene rings is 1. The fourth-order valence-electron chi connectivity index (χ4n) is 2.91. The lowest BCUT2D eigenvalue weighted by atomic mass is 10.2. The van der Waals surface area contributed by atoms with E-state index in [-0.39, 0.29) is 11.2 Å². The smallest absolute Gasteiger partial charge is 0.235 e. The second-order valence-electron chi connectivity index (χ2n) is 6.04. The van der Waals surface area contributed by atoms with Crippen LogP contribution in [0, 0.1) is 0 Å². The molecule has 1 amide bonds. The van der Waals surface area contributed by atoms with E-state index in [1.165, 1.54) is 11.8 Å². The number of nitrogens with zero attached hydrogens (tertiary/aromatic N) is 3. The molecule has 1 aliphatic heterocycles. The zero-order valence-electron chi connectivity index (χ0n) is 14.4. The topological polar surface area (TPSA) is 68.5 Å². The van der Waals surface area contributed by atoms with E-state index in [0.717, 1.165) is 15.9 Å². The minimum absolute atomic E-state index is 0.112. The van der Waals surface area contributed by atoms with E-state index in [1.807, 2.05) is 48.2 Å². The first-order valence-corrected chi connectivity index (χ1v) is 9.44. The van der Waals surface area contributed by atoms with Crippen LogP contribution in [-0.4, -0.2) is 52.3 Å². The molecule has 0 saturated carbocycles. The number of rotatable bonds is 4. The van der Waals surface area contributed by atoms with E-state index in [1.54, 1.807) is 6.26 Å². The Morgan fingerprint density at radius 3 is 2.73 bits per heavy atom. The van der Waals surface area contributed by atoms with Crippen molar-refractivity contribution in [3.05, 3.63) is 42.7 Å².